The first kappa shape index (κ1) is 9.95. The summed E-state index contributed by atoms with van der Waals surface area (Å²) in [6.45, 7) is 0. The summed E-state index contributed by atoms with van der Waals surface area (Å²) in [5.74, 6) is 2.42. The third-order valence-electron chi connectivity index (χ3n) is 2.14. The molecule has 0 saturated carbocycles. The van der Waals surface area contributed by atoms with E-state index >= 15 is 0 Å². The molecule has 2 heterocycles. The Labute approximate surface area is 87.0 Å². The molecule has 0 aromatic carbocycles. The lowest BCUT2D eigenvalue weighted by Gasteiger charge is -2.24. The molecule has 1 aromatic rings. The Morgan fingerprint density at radius 1 is 1.50 bits per heavy atom. The average molecular weight is 230 g/mol. The van der Waals surface area contributed by atoms with Gasteiger partial charge in [0.15, 0.2) is 0 Å². The van der Waals surface area contributed by atoms with Crippen LogP contribution in [0.4, 0.5) is 0 Å². The van der Waals surface area contributed by atoms with Gasteiger partial charge in [0.05, 0.1) is 4.90 Å². The molecule has 1 aliphatic heterocycles. The van der Waals surface area contributed by atoms with E-state index in [1.165, 1.54) is 12.3 Å². The monoisotopic (exact) mass is 230 g/mol. The molecule has 6 heteroatoms. The molecule has 1 aliphatic rings. The van der Waals surface area contributed by atoms with E-state index < -0.39 is 10.0 Å². The number of sulfonamides is 1. The van der Waals surface area contributed by atoms with Crippen molar-refractivity contribution in [1.82, 2.24) is 4.98 Å². The summed E-state index contributed by atoms with van der Waals surface area (Å²) in [5.41, 5.74) is 0.829. The molecule has 0 aliphatic carbocycles. The third-order valence-corrected chi connectivity index (χ3v) is 4.32. The highest BCUT2D eigenvalue weighted by atomic mass is 32.2. The van der Waals surface area contributed by atoms with Crippen LogP contribution in [0.2, 0.25) is 0 Å². The predicted molar refractivity (Wildman–Crippen MR) is 55.7 cm³/mol. The lowest BCUT2D eigenvalue weighted by Crippen LogP contribution is -2.18. The first-order chi connectivity index (χ1) is 6.57. The molecule has 76 valence electrons. The summed E-state index contributed by atoms with van der Waals surface area (Å²) >= 11 is 1.83. The molecule has 0 radical (unpaired) electrons. The van der Waals surface area contributed by atoms with Gasteiger partial charge in [-0.15, -0.1) is 0 Å². The van der Waals surface area contributed by atoms with Crippen molar-refractivity contribution < 1.29 is 8.42 Å². The van der Waals surface area contributed by atoms with E-state index in [9.17, 15) is 8.42 Å². The van der Waals surface area contributed by atoms with Crippen molar-refractivity contribution in [2.24, 2.45) is 5.14 Å². The zero-order valence-corrected chi connectivity index (χ0v) is 9.01. The lowest BCUT2D eigenvalue weighted by molar-refractivity contribution is 0.597. The number of nitrogens with zero attached hydrogens (tertiary/aromatic N) is 1. The topological polar surface area (TPSA) is 73.1 Å². The zero-order chi connectivity index (χ0) is 10.2. The maximum Gasteiger partial charge on any atom is 0.238 e. The van der Waals surface area contributed by atoms with Gasteiger partial charge >= 0.3 is 0 Å². The van der Waals surface area contributed by atoms with Crippen molar-refractivity contribution in [3.05, 3.63) is 24.0 Å². The molecule has 2 N–H and O–H groups in total. The van der Waals surface area contributed by atoms with Crippen LogP contribution < -0.4 is 5.14 Å². The number of aromatic nitrogens is 1. The number of thioether (sulfide) groups is 1. The van der Waals surface area contributed by atoms with Crippen molar-refractivity contribution >= 4 is 21.8 Å². The van der Waals surface area contributed by atoms with Crippen molar-refractivity contribution in [2.75, 3.05) is 11.5 Å². The van der Waals surface area contributed by atoms with Gasteiger partial charge in [0.25, 0.3) is 0 Å². The quantitative estimate of drug-likeness (QED) is 0.805. The fraction of sp³-hybridized carbons (Fsp3) is 0.375. The molecular weight excluding hydrogens is 220 g/mol. The van der Waals surface area contributed by atoms with Gasteiger partial charge in [0.1, 0.15) is 0 Å². The molecule has 2 rings (SSSR count). The molecule has 0 atom stereocenters. The minimum Gasteiger partial charge on any atom is -0.261 e. The molecule has 0 amide bonds. The Kier molecular flexibility index (Phi) is 2.50. The minimum atomic E-state index is -3.59. The van der Waals surface area contributed by atoms with E-state index in [4.69, 9.17) is 5.14 Å². The molecular formula is C8H10N2O2S2. The second-order valence-electron chi connectivity index (χ2n) is 3.20. The van der Waals surface area contributed by atoms with Crippen LogP contribution >= 0.6 is 11.8 Å². The fourth-order valence-electron chi connectivity index (χ4n) is 1.23. The van der Waals surface area contributed by atoms with Gasteiger partial charge < -0.3 is 0 Å². The van der Waals surface area contributed by atoms with Crippen LogP contribution in [-0.2, 0) is 10.0 Å². The van der Waals surface area contributed by atoms with Crippen LogP contribution in [0.3, 0.4) is 0 Å². The second kappa shape index (κ2) is 3.52. The molecule has 1 saturated heterocycles. The molecule has 14 heavy (non-hydrogen) atoms. The summed E-state index contributed by atoms with van der Waals surface area (Å²) in [6.07, 6.45) is 1.50. The molecule has 0 bridgehead atoms. The number of hydrogen-bond acceptors (Lipinski definition) is 4. The normalized spacial score (nSPS) is 17.8. The Morgan fingerprint density at radius 2 is 2.21 bits per heavy atom. The maximum atomic E-state index is 11.1. The van der Waals surface area contributed by atoms with Gasteiger partial charge in [-0.05, 0) is 12.1 Å². The number of pyridine rings is 1. The highest BCUT2D eigenvalue weighted by molar-refractivity contribution is 8.00. The number of hydrogen-bond donors (Lipinski definition) is 1. The Bertz CT molecular complexity index is 440. The SMILES string of the molecule is NS(=O)(=O)c1ccnc(C2CSC2)c1. The predicted octanol–water partition coefficient (Wildman–Crippen LogP) is 0.559. The van der Waals surface area contributed by atoms with E-state index in [2.05, 4.69) is 4.98 Å². The van der Waals surface area contributed by atoms with Crippen LogP contribution in [0.5, 0.6) is 0 Å². The number of rotatable bonds is 2. The van der Waals surface area contributed by atoms with E-state index in [0.717, 1.165) is 17.2 Å². The van der Waals surface area contributed by atoms with E-state index in [1.54, 1.807) is 6.07 Å². The molecule has 0 unspecified atom stereocenters. The van der Waals surface area contributed by atoms with Crippen LogP contribution in [0, 0.1) is 0 Å². The van der Waals surface area contributed by atoms with Crippen LogP contribution in [0.15, 0.2) is 23.2 Å². The van der Waals surface area contributed by atoms with Crippen LogP contribution in [-0.4, -0.2) is 24.9 Å². The fourth-order valence-corrected chi connectivity index (χ4v) is 2.58. The van der Waals surface area contributed by atoms with Gasteiger partial charge in [-0.1, -0.05) is 0 Å². The van der Waals surface area contributed by atoms with Gasteiger partial charge in [-0.3, -0.25) is 4.98 Å². The minimum absolute atomic E-state index is 0.152. The lowest BCUT2D eigenvalue weighted by atomic mass is 10.1. The zero-order valence-electron chi connectivity index (χ0n) is 7.38. The largest absolute Gasteiger partial charge is 0.261 e. The van der Waals surface area contributed by atoms with Crippen molar-refractivity contribution in [3.63, 3.8) is 0 Å². The van der Waals surface area contributed by atoms with E-state index in [-0.39, 0.29) is 4.90 Å². The summed E-state index contributed by atoms with van der Waals surface area (Å²) in [5, 5.41) is 5.02. The molecule has 4 nitrogen and oxygen atoms in total. The standard InChI is InChI=1S/C8H10N2O2S2/c9-14(11,12)7-1-2-10-8(3-7)6-4-13-5-6/h1-3,6H,4-5H2,(H2,9,11,12). The summed E-state index contributed by atoms with van der Waals surface area (Å²) in [6, 6.07) is 2.99. The number of primary sulfonamides is 1. The highest BCUT2D eigenvalue weighted by Gasteiger charge is 2.22. The first-order valence-electron chi connectivity index (χ1n) is 4.14. The summed E-state index contributed by atoms with van der Waals surface area (Å²) < 4.78 is 22.1. The van der Waals surface area contributed by atoms with Gasteiger partial charge in [-0.2, -0.15) is 11.8 Å². The first-order valence-corrected chi connectivity index (χ1v) is 6.84. The van der Waals surface area contributed by atoms with Gasteiger partial charge in [0.2, 0.25) is 10.0 Å². The highest BCUT2D eigenvalue weighted by Crippen LogP contribution is 2.33. The third kappa shape index (κ3) is 1.92. The van der Waals surface area contributed by atoms with Crippen molar-refractivity contribution in [1.29, 1.82) is 0 Å². The average Bonchev–Trinajstić information content (AvgIpc) is 2.00. The Morgan fingerprint density at radius 3 is 2.71 bits per heavy atom. The van der Waals surface area contributed by atoms with Crippen molar-refractivity contribution in [3.8, 4) is 0 Å². The Balaban J connectivity index is 2.36. The summed E-state index contributed by atoms with van der Waals surface area (Å²) in [4.78, 5) is 4.29. The molecule has 1 aromatic heterocycles. The van der Waals surface area contributed by atoms with Crippen molar-refractivity contribution in [2.45, 2.75) is 10.8 Å². The van der Waals surface area contributed by atoms with E-state index in [1.807, 2.05) is 11.8 Å². The Hall–Kier alpha value is -0.590. The molecule has 1 fully saturated rings. The maximum absolute atomic E-state index is 11.1. The van der Waals surface area contributed by atoms with Crippen LogP contribution in [0.25, 0.3) is 0 Å². The molecule has 0 spiro atoms. The second-order valence-corrected chi connectivity index (χ2v) is 5.83. The van der Waals surface area contributed by atoms with E-state index in [0.29, 0.717) is 5.92 Å². The number of nitrogens with two attached hydrogens (primary N) is 1. The van der Waals surface area contributed by atoms with Gasteiger partial charge in [-0.25, -0.2) is 13.6 Å². The van der Waals surface area contributed by atoms with Gasteiger partial charge in [0, 0.05) is 29.3 Å². The van der Waals surface area contributed by atoms with Crippen LogP contribution in [0.1, 0.15) is 11.6 Å². The summed E-state index contributed by atoms with van der Waals surface area (Å²) in [7, 11) is -3.59. The smallest absolute Gasteiger partial charge is 0.238 e.